The topological polar surface area (TPSA) is 85.8 Å². The third kappa shape index (κ3) is 4.80. The first-order valence-corrected chi connectivity index (χ1v) is 11.6. The van der Waals surface area contributed by atoms with Crippen LogP contribution in [0, 0.1) is 6.92 Å². The Morgan fingerprint density at radius 3 is 2.31 bits per heavy atom. The Balaban J connectivity index is 1.38. The highest BCUT2D eigenvalue weighted by Gasteiger charge is 2.21. The number of rotatable bonds is 5. The van der Waals surface area contributed by atoms with Crippen LogP contribution in [0.5, 0.6) is 0 Å². The molecule has 0 atom stereocenters. The Morgan fingerprint density at radius 1 is 0.857 bits per heavy atom. The van der Waals surface area contributed by atoms with Crippen LogP contribution < -0.4 is 15.1 Å². The van der Waals surface area contributed by atoms with Crippen LogP contribution >= 0.6 is 0 Å². The van der Waals surface area contributed by atoms with Gasteiger partial charge in [-0.2, -0.15) is 0 Å². The van der Waals surface area contributed by atoms with Gasteiger partial charge in [-0.25, -0.2) is 9.78 Å². The van der Waals surface area contributed by atoms with E-state index in [4.69, 9.17) is 4.98 Å². The zero-order valence-corrected chi connectivity index (χ0v) is 19.4. The van der Waals surface area contributed by atoms with E-state index in [-0.39, 0.29) is 11.5 Å². The lowest BCUT2D eigenvalue weighted by molar-refractivity contribution is 0.0698. The van der Waals surface area contributed by atoms with Crippen molar-refractivity contribution in [3.8, 4) is 0 Å². The monoisotopic (exact) mass is 466 g/mol. The number of nitrogens with one attached hydrogen (secondary N) is 1. The molecule has 7 heteroatoms. The minimum Gasteiger partial charge on any atom is -0.478 e. The van der Waals surface area contributed by atoms with Gasteiger partial charge in [0, 0.05) is 48.5 Å². The first-order chi connectivity index (χ1) is 17.0. The number of fused-ring (bicyclic) bond motifs is 1. The van der Waals surface area contributed by atoms with E-state index >= 15 is 0 Å². The fourth-order valence-electron chi connectivity index (χ4n) is 4.44. The molecule has 0 radical (unpaired) electrons. The van der Waals surface area contributed by atoms with E-state index in [0.717, 1.165) is 26.2 Å². The lowest BCUT2D eigenvalue weighted by Gasteiger charge is -2.37. The number of amides is 1. The molecule has 5 rings (SSSR count). The Bertz CT molecular complexity index is 1400. The number of aromatic nitrogens is 1. The molecule has 0 saturated carbocycles. The maximum absolute atomic E-state index is 12.5. The predicted molar refractivity (Wildman–Crippen MR) is 139 cm³/mol. The molecule has 35 heavy (non-hydrogen) atoms. The average Bonchev–Trinajstić information content (AvgIpc) is 2.88. The fourth-order valence-corrected chi connectivity index (χ4v) is 4.44. The number of aromatic carboxylic acids is 1. The number of aryl methyl sites for hydroxylation is 1. The second kappa shape index (κ2) is 9.46. The molecule has 4 aromatic rings. The third-order valence-corrected chi connectivity index (χ3v) is 6.29. The van der Waals surface area contributed by atoms with Crippen molar-refractivity contribution in [3.63, 3.8) is 0 Å². The van der Waals surface area contributed by atoms with E-state index in [1.54, 1.807) is 48.5 Å². The first kappa shape index (κ1) is 22.4. The number of carbonyl (C=O) groups is 2. The molecule has 0 aliphatic carbocycles. The van der Waals surface area contributed by atoms with Crippen LogP contribution in [0.4, 0.5) is 17.2 Å². The largest absolute Gasteiger partial charge is 0.478 e. The highest BCUT2D eigenvalue weighted by atomic mass is 16.4. The number of nitrogens with zero attached hydrogens (tertiary/aromatic N) is 3. The van der Waals surface area contributed by atoms with E-state index in [0.29, 0.717) is 28.0 Å². The molecule has 176 valence electrons. The van der Waals surface area contributed by atoms with Gasteiger partial charge in [0.15, 0.2) is 0 Å². The molecule has 1 aliphatic rings. The molecule has 0 spiro atoms. The Hall–Kier alpha value is -4.39. The SMILES string of the molecule is Cc1cccc(N2CCN(c3cc(C(=O)O)c4cc(NC(=O)c5ccccc5)ccc4n3)CC2)c1. The van der Waals surface area contributed by atoms with Crippen LogP contribution in [-0.4, -0.2) is 48.1 Å². The summed E-state index contributed by atoms with van der Waals surface area (Å²) in [4.78, 5) is 33.9. The van der Waals surface area contributed by atoms with Gasteiger partial charge in [0.05, 0.1) is 11.1 Å². The molecular formula is C28H26N4O3. The number of anilines is 3. The van der Waals surface area contributed by atoms with Crippen molar-refractivity contribution in [1.29, 1.82) is 0 Å². The minimum absolute atomic E-state index is 0.168. The summed E-state index contributed by atoms with van der Waals surface area (Å²) in [6.45, 7) is 5.24. The van der Waals surface area contributed by atoms with Crippen molar-refractivity contribution < 1.29 is 14.7 Å². The van der Waals surface area contributed by atoms with Gasteiger partial charge < -0.3 is 20.2 Å². The second-order valence-electron chi connectivity index (χ2n) is 8.70. The number of piperazine rings is 1. The normalized spacial score (nSPS) is 13.6. The molecule has 3 aromatic carbocycles. The van der Waals surface area contributed by atoms with Crippen LogP contribution in [0.3, 0.4) is 0 Å². The molecular weight excluding hydrogens is 440 g/mol. The van der Waals surface area contributed by atoms with Gasteiger partial charge >= 0.3 is 5.97 Å². The quantitative estimate of drug-likeness (QED) is 0.439. The molecule has 1 aliphatic heterocycles. The van der Waals surface area contributed by atoms with Crippen molar-refractivity contribution in [1.82, 2.24) is 4.98 Å². The number of carboxylic acid groups (broad SMARTS) is 1. The Morgan fingerprint density at radius 2 is 1.60 bits per heavy atom. The lowest BCUT2D eigenvalue weighted by atomic mass is 10.1. The fraction of sp³-hybridized carbons (Fsp3) is 0.179. The zero-order chi connectivity index (χ0) is 24.4. The van der Waals surface area contributed by atoms with Gasteiger partial charge in [-0.3, -0.25) is 4.79 Å². The van der Waals surface area contributed by atoms with Gasteiger partial charge in [-0.1, -0.05) is 30.3 Å². The summed E-state index contributed by atoms with van der Waals surface area (Å²) in [5.41, 5.74) is 4.24. The molecule has 0 unspecified atom stereocenters. The summed E-state index contributed by atoms with van der Waals surface area (Å²) in [7, 11) is 0. The van der Waals surface area contributed by atoms with Crippen LogP contribution in [0.2, 0.25) is 0 Å². The molecule has 1 aromatic heterocycles. The third-order valence-electron chi connectivity index (χ3n) is 6.29. The number of benzene rings is 3. The van der Waals surface area contributed by atoms with E-state index in [1.807, 2.05) is 6.07 Å². The predicted octanol–water partition coefficient (Wildman–Crippen LogP) is 4.82. The van der Waals surface area contributed by atoms with Crippen LogP contribution in [0.15, 0.2) is 78.9 Å². The van der Waals surface area contributed by atoms with Crippen molar-refractivity contribution >= 4 is 40.0 Å². The van der Waals surface area contributed by atoms with Gasteiger partial charge in [0.25, 0.3) is 5.91 Å². The molecule has 1 fully saturated rings. The van der Waals surface area contributed by atoms with E-state index in [9.17, 15) is 14.7 Å². The van der Waals surface area contributed by atoms with Crippen LogP contribution in [0.25, 0.3) is 10.9 Å². The maximum atomic E-state index is 12.5. The van der Waals surface area contributed by atoms with E-state index in [2.05, 4.69) is 46.3 Å². The van der Waals surface area contributed by atoms with Gasteiger partial charge in [-0.05, 0) is 61.0 Å². The average molecular weight is 467 g/mol. The minimum atomic E-state index is -1.02. The number of carbonyl (C=O) groups excluding carboxylic acids is 1. The number of hydrogen-bond acceptors (Lipinski definition) is 5. The summed E-state index contributed by atoms with van der Waals surface area (Å²) in [6.07, 6.45) is 0. The Labute approximate surface area is 203 Å². The highest BCUT2D eigenvalue weighted by molar-refractivity contribution is 6.08. The molecule has 1 amide bonds. The molecule has 7 nitrogen and oxygen atoms in total. The first-order valence-electron chi connectivity index (χ1n) is 11.6. The second-order valence-corrected chi connectivity index (χ2v) is 8.70. The summed E-state index contributed by atoms with van der Waals surface area (Å²) in [6, 6.07) is 24.2. The van der Waals surface area contributed by atoms with Gasteiger partial charge in [-0.15, -0.1) is 0 Å². The lowest BCUT2D eigenvalue weighted by Crippen LogP contribution is -2.46. The summed E-state index contributed by atoms with van der Waals surface area (Å²) >= 11 is 0. The number of pyridine rings is 1. The highest BCUT2D eigenvalue weighted by Crippen LogP contribution is 2.28. The molecule has 2 heterocycles. The summed E-state index contributed by atoms with van der Waals surface area (Å²) in [5, 5.41) is 13.3. The van der Waals surface area contributed by atoms with Crippen LogP contribution in [-0.2, 0) is 0 Å². The van der Waals surface area contributed by atoms with Crippen molar-refractivity contribution in [2.24, 2.45) is 0 Å². The van der Waals surface area contributed by atoms with Gasteiger partial charge in [0.2, 0.25) is 0 Å². The number of hydrogen-bond donors (Lipinski definition) is 2. The summed E-state index contributed by atoms with van der Waals surface area (Å²) in [5.74, 6) is -0.624. The van der Waals surface area contributed by atoms with Crippen molar-refractivity contribution in [2.45, 2.75) is 6.92 Å². The summed E-state index contributed by atoms with van der Waals surface area (Å²) < 4.78 is 0. The standard InChI is InChI=1S/C28H26N4O3/c1-19-6-5-9-22(16-19)31-12-14-32(15-13-31)26-18-24(28(34)35)23-17-21(10-11-25(23)30-26)29-27(33)20-7-3-2-4-8-20/h2-11,16-18H,12-15H2,1H3,(H,29,33)(H,34,35). The Kier molecular flexibility index (Phi) is 6.06. The van der Waals surface area contributed by atoms with Crippen molar-refractivity contribution in [2.75, 3.05) is 41.3 Å². The number of carboxylic acids is 1. The van der Waals surface area contributed by atoms with Crippen molar-refractivity contribution in [3.05, 3.63) is 95.6 Å². The smallest absolute Gasteiger partial charge is 0.336 e. The maximum Gasteiger partial charge on any atom is 0.336 e. The van der Waals surface area contributed by atoms with Crippen LogP contribution in [0.1, 0.15) is 26.3 Å². The molecule has 2 N–H and O–H groups in total. The van der Waals surface area contributed by atoms with E-state index in [1.165, 1.54) is 11.3 Å². The molecule has 0 bridgehead atoms. The van der Waals surface area contributed by atoms with E-state index < -0.39 is 5.97 Å². The van der Waals surface area contributed by atoms with Gasteiger partial charge in [0.1, 0.15) is 5.82 Å². The zero-order valence-electron chi connectivity index (χ0n) is 19.4. The molecule has 1 saturated heterocycles.